The Labute approximate surface area is 172 Å². The summed E-state index contributed by atoms with van der Waals surface area (Å²) in [6.07, 6.45) is 2.86. The van der Waals surface area contributed by atoms with Gasteiger partial charge in [-0.05, 0) is 36.2 Å². The number of nitrogens with zero attached hydrogens (tertiary/aromatic N) is 3. The number of amides is 1. The van der Waals surface area contributed by atoms with Gasteiger partial charge in [-0.25, -0.2) is 0 Å². The fraction of sp³-hybridized carbons (Fsp3) is 0.227. The van der Waals surface area contributed by atoms with E-state index in [2.05, 4.69) is 21.2 Å². The Hall–Kier alpha value is -3.12. The molecule has 146 valence electrons. The first-order chi connectivity index (χ1) is 14.1. The van der Waals surface area contributed by atoms with Crippen LogP contribution in [0, 0.1) is 6.92 Å². The normalized spacial score (nSPS) is 16.8. The smallest absolute Gasteiger partial charge is 0.231 e. The maximum atomic E-state index is 12.6. The van der Waals surface area contributed by atoms with Gasteiger partial charge in [-0.2, -0.15) is 4.98 Å². The van der Waals surface area contributed by atoms with Crippen LogP contribution in [-0.2, 0) is 11.2 Å². The van der Waals surface area contributed by atoms with Crippen LogP contribution in [0.25, 0.3) is 10.9 Å². The van der Waals surface area contributed by atoms with E-state index in [1.807, 2.05) is 49.5 Å². The third-order valence-electron chi connectivity index (χ3n) is 5.38. The molecule has 0 bridgehead atoms. The molecule has 2 aromatic carbocycles. The molecular formula is C22H19ClN4O2. The van der Waals surface area contributed by atoms with E-state index in [0.717, 1.165) is 27.7 Å². The zero-order valence-electron chi connectivity index (χ0n) is 15.9. The number of carbonyl (C=O) groups excluding carboxylic acids is 1. The minimum absolute atomic E-state index is 0.0173. The molecule has 7 heteroatoms. The lowest BCUT2D eigenvalue weighted by Gasteiger charge is -2.18. The molecular weight excluding hydrogens is 388 g/mol. The zero-order valence-corrected chi connectivity index (χ0v) is 16.6. The van der Waals surface area contributed by atoms with E-state index in [9.17, 15) is 4.79 Å². The summed E-state index contributed by atoms with van der Waals surface area (Å²) in [5.41, 5.74) is 3.97. The van der Waals surface area contributed by atoms with E-state index in [1.54, 1.807) is 4.90 Å². The number of hydrogen-bond acceptors (Lipinski definition) is 4. The fourth-order valence-electron chi connectivity index (χ4n) is 3.89. The van der Waals surface area contributed by atoms with Crippen molar-refractivity contribution in [2.45, 2.75) is 25.7 Å². The first kappa shape index (κ1) is 17.9. The highest BCUT2D eigenvalue weighted by Crippen LogP contribution is 2.35. The lowest BCUT2D eigenvalue weighted by Crippen LogP contribution is -2.24. The number of benzene rings is 2. The molecule has 0 saturated carbocycles. The molecule has 0 aliphatic carbocycles. The largest absolute Gasteiger partial charge is 0.361 e. The van der Waals surface area contributed by atoms with Crippen molar-refractivity contribution in [3.05, 3.63) is 76.5 Å². The van der Waals surface area contributed by atoms with Crippen molar-refractivity contribution in [3.8, 4) is 0 Å². The second kappa shape index (κ2) is 7.04. The van der Waals surface area contributed by atoms with Crippen molar-refractivity contribution in [3.63, 3.8) is 0 Å². The molecule has 4 aromatic rings. The van der Waals surface area contributed by atoms with Crippen molar-refractivity contribution in [2.24, 2.45) is 0 Å². The minimum atomic E-state index is -0.111. The average Bonchev–Trinajstić information content (AvgIpc) is 3.42. The van der Waals surface area contributed by atoms with Crippen LogP contribution >= 0.6 is 11.6 Å². The van der Waals surface area contributed by atoms with Crippen LogP contribution in [-0.4, -0.2) is 27.6 Å². The third-order valence-corrected chi connectivity index (χ3v) is 5.69. The van der Waals surface area contributed by atoms with Gasteiger partial charge in [0.15, 0.2) is 5.82 Å². The van der Waals surface area contributed by atoms with Crippen molar-refractivity contribution < 1.29 is 9.32 Å². The SMILES string of the molecule is Cc1ccc(N2CC(c3noc(Cc4c[nH]c5ccccc45)n3)CC2=O)c(Cl)c1. The molecule has 1 unspecified atom stereocenters. The average molecular weight is 407 g/mol. The number of carbonyl (C=O) groups is 1. The van der Waals surface area contributed by atoms with E-state index in [-0.39, 0.29) is 11.8 Å². The molecule has 1 aliphatic heterocycles. The Morgan fingerprint density at radius 2 is 2.14 bits per heavy atom. The Balaban J connectivity index is 1.35. The Kier molecular flexibility index (Phi) is 4.36. The molecule has 1 fully saturated rings. The van der Waals surface area contributed by atoms with E-state index in [1.165, 1.54) is 0 Å². The Morgan fingerprint density at radius 3 is 3.00 bits per heavy atom. The van der Waals surface area contributed by atoms with Crippen LogP contribution in [0.1, 0.15) is 35.2 Å². The van der Waals surface area contributed by atoms with Gasteiger partial charge in [0.25, 0.3) is 0 Å². The molecule has 1 saturated heterocycles. The molecule has 5 rings (SSSR count). The van der Waals surface area contributed by atoms with E-state index < -0.39 is 0 Å². The summed E-state index contributed by atoms with van der Waals surface area (Å²) in [6.45, 7) is 2.46. The standard InChI is InChI=1S/C22H19ClN4O2/c1-13-6-7-19(17(23)8-13)27-12-15(10-21(27)28)22-25-20(29-26-22)9-14-11-24-18-5-3-2-4-16(14)18/h2-8,11,15,24H,9-10,12H2,1H3. The van der Waals surface area contributed by atoms with E-state index in [4.69, 9.17) is 16.1 Å². The summed E-state index contributed by atoms with van der Waals surface area (Å²) in [5.74, 6) is 1.02. The van der Waals surface area contributed by atoms with Gasteiger partial charge < -0.3 is 14.4 Å². The van der Waals surface area contributed by atoms with Gasteiger partial charge in [0.2, 0.25) is 11.8 Å². The summed E-state index contributed by atoms with van der Waals surface area (Å²) in [6, 6.07) is 13.8. The van der Waals surface area contributed by atoms with Gasteiger partial charge in [0.05, 0.1) is 17.1 Å². The number of fused-ring (bicyclic) bond motifs is 1. The predicted octanol–water partition coefficient (Wildman–Crippen LogP) is 4.62. The number of aromatic amines is 1. The number of halogens is 1. The third kappa shape index (κ3) is 3.29. The fourth-order valence-corrected chi connectivity index (χ4v) is 4.23. The van der Waals surface area contributed by atoms with Gasteiger partial charge in [-0.3, -0.25) is 4.79 Å². The molecule has 0 spiro atoms. The zero-order chi connectivity index (χ0) is 20.0. The van der Waals surface area contributed by atoms with Crippen molar-refractivity contribution >= 4 is 34.1 Å². The molecule has 1 N–H and O–H groups in total. The van der Waals surface area contributed by atoms with Gasteiger partial charge >= 0.3 is 0 Å². The van der Waals surface area contributed by atoms with E-state index in [0.29, 0.717) is 36.1 Å². The van der Waals surface area contributed by atoms with Crippen LogP contribution in [0.4, 0.5) is 5.69 Å². The summed E-state index contributed by atoms with van der Waals surface area (Å²) in [7, 11) is 0. The summed E-state index contributed by atoms with van der Waals surface area (Å²) < 4.78 is 5.48. The predicted molar refractivity (Wildman–Crippen MR) is 111 cm³/mol. The van der Waals surface area contributed by atoms with Gasteiger partial charge in [0, 0.05) is 36.0 Å². The topological polar surface area (TPSA) is 75.0 Å². The van der Waals surface area contributed by atoms with Crippen LogP contribution in [0.2, 0.25) is 5.02 Å². The second-order valence-electron chi connectivity index (χ2n) is 7.44. The van der Waals surface area contributed by atoms with Crippen LogP contribution < -0.4 is 4.90 Å². The quantitative estimate of drug-likeness (QED) is 0.536. The lowest BCUT2D eigenvalue weighted by molar-refractivity contribution is -0.117. The number of rotatable bonds is 4. The molecule has 0 radical (unpaired) electrons. The number of H-pyrrole nitrogens is 1. The highest BCUT2D eigenvalue weighted by molar-refractivity contribution is 6.34. The minimum Gasteiger partial charge on any atom is -0.361 e. The molecule has 6 nitrogen and oxygen atoms in total. The summed E-state index contributed by atoms with van der Waals surface area (Å²) in [5, 5.41) is 5.87. The van der Waals surface area contributed by atoms with Crippen molar-refractivity contribution in [1.82, 2.24) is 15.1 Å². The van der Waals surface area contributed by atoms with Crippen LogP contribution in [0.15, 0.2) is 53.2 Å². The number of hydrogen-bond donors (Lipinski definition) is 1. The highest BCUT2D eigenvalue weighted by Gasteiger charge is 2.35. The van der Waals surface area contributed by atoms with Gasteiger partial charge in [0.1, 0.15) is 0 Å². The lowest BCUT2D eigenvalue weighted by atomic mass is 10.1. The van der Waals surface area contributed by atoms with Gasteiger partial charge in [-0.1, -0.05) is 41.0 Å². The van der Waals surface area contributed by atoms with Crippen LogP contribution in [0.3, 0.4) is 0 Å². The number of anilines is 1. The number of aromatic nitrogens is 3. The molecule has 3 heterocycles. The summed E-state index contributed by atoms with van der Waals surface area (Å²) >= 11 is 6.35. The van der Waals surface area contributed by atoms with E-state index >= 15 is 0 Å². The second-order valence-corrected chi connectivity index (χ2v) is 7.85. The monoisotopic (exact) mass is 406 g/mol. The van der Waals surface area contributed by atoms with Gasteiger partial charge in [-0.15, -0.1) is 0 Å². The Morgan fingerprint density at radius 1 is 1.28 bits per heavy atom. The van der Waals surface area contributed by atoms with Crippen LogP contribution in [0.5, 0.6) is 0 Å². The number of nitrogens with one attached hydrogen (secondary N) is 1. The highest BCUT2D eigenvalue weighted by atomic mass is 35.5. The summed E-state index contributed by atoms with van der Waals surface area (Å²) in [4.78, 5) is 22.1. The van der Waals surface area contributed by atoms with Crippen molar-refractivity contribution in [1.29, 1.82) is 0 Å². The maximum absolute atomic E-state index is 12.6. The first-order valence-corrected chi connectivity index (χ1v) is 9.90. The molecule has 1 amide bonds. The number of aryl methyl sites for hydroxylation is 1. The van der Waals surface area contributed by atoms with Crippen molar-refractivity contribution in [2.75, 3.05) is 11.4 Å². The Bertz CT molecular complexity index is 1210. The first-order valence-electron chi connectivity index (χ1n) is 9.52. The maximum Gasteiger partial charge on any atom is 0.231 e. The molecule has 29 heavy (non-hydrogen) atoms. The molecule has 2 aromatic heterocycles. The number of para-hydroxylation sites is 1. The molecule has 1 aliphatic rings. The molecule has 1 atom stereocenters.